The van der Waals surface area contributed by atoms with Crippen LogP contribution in [0.3, 0.4) is 0 Å². The number of ether oxygens (including phenoxy) is 2. The van der Waals surface area contributed by atoms with E-state index in [9.17, 15) is 4.79 Å². The van der Waals surface area contributed by atoms with Gasteiger partial charge in [0.2, 0.25) is 11.8 Å². The predicted octanol–water partition coefficient (Wildman–Crippen LogP) is 3.25. The van der Waals surface area contributed by atoms with E-state index in [0.29, 0.717) is 36.6 Å². The minimum Gasteiger partial charge on any atom is -0.481 e. The van der Waals surface area contributed by atoms with Crippen molar-refractivity contribution in [1.82, 2.24) is 15.0 Å². The van der Waals surface area contributed by atoms with Crippen molar-refractivity contribution in [2.45, 2.75) is 44.4 Å². The zero-order valence-electron chi connectivity index (χ0n) is 15.5. The molecule has 1 saturated carbocycles. The van der Waals surface area contributed by atoms with Crippen LogP contribution in [0.5, 0.6) is 11.8 Å². The average Bonchev–Trinajstić information content (AvgIpc) is 2.71. The summed E-state index contributed by atoms with van der Waals surface area (Å²) in [5.74, 6) is 2.09. The highest BCUT2D eigenvalue weighted by atomic mass is 16.5. The zero-order chi connectivity index (χ0) is 19.1. The van der Waals surface area contributed by atoms with Crippen LogP contribution in [0.2, 0.25) is 0 Å². The lowest BCUT2D eigenvalue weighted by Crippen LogP contribution is -2.20. The van der Waals surface area contributed by atoms with Gasteiger partial charge in [0, 0.05) is 36.9 Å². The second-order valence-corrected chi connectivity index (χ2v) is 6.88. The molecule has 0 saturated heterocycles. The van der Waals surface area contributed by atoms with Gasteiger partial charge in [-0.15, -0.1) is 0 Å². The lowest BCUT2D eigenvalue weighted by molar-refractivity contribution is -0.136. The molecule has 7 heteroatoms. The molecule has 2 aromatic heterocycles. The Balaban J connectivity index is 1.47. The van der Waals surface area contributed by atoms with Crippen molar-refractivity contribution in [2.75, 3.05) is 13.7 Å². The first kappa shape index (κ1) is 19.1. The van der Waals surface area contributed by atoms with E-state index in [2.05, 4.69) is 15.0 Å². The molecular weight excluding hydrogens is 346 g/mol. The molecule has 2 aromatic rings. The van der Waals surface area contributed by atoms with E-state index >= 15 is 0 Å². The third kappa shape index (κ3) is 5.64. The van der Waals surface area contributed by atoms with E-state index in [1.54, 1.807) is 25.6 Å². The molecule has 1 fully saturated rings. The fourth-order valence-electron chi connectivity index (χ4n) is 3.39. The molecule has 0 atom stereocenters. The summed E-state index contributed by atoms with van der Waals surface area (Å²) in [5.41, 5.74) is 0.932. The lowest BCUT2D eigenvalue weighted by Gasteiger charge is -2.27. The normalized spacial score (nSPS) is 19.4. The number of carbonyl (C=O) groups is 1. The van der Waals surface area contributed by atoms with Gasteiger partial charge in [-0.05, 0) is 49.7 Å². The minimum absolute atomic E-state index is 0.111. The van der Waals surface area contributed by atoms with Gasteiger partial charge in [0.25, 0.3) is 0 Å². The molecule has 3 rings (SSSR count). The Labute approximate surface area is 158 Å². The van der Waals surface area contributed by atoms with E-state index in [1.165, 1.54) is 0 Å². The number of hydrogen-bond donors (Lipinski definition) is 1. The van der Waals surface area contributed by atoms with Gasteiger partial charge in [0.05, 0.1) is 13.7 Å². The van der Waals surface area contributed by atoms with Gasteiger partial charge < -0.3 is 14.6 Å². The molecule has 0 spiro atoms. The number of carboxylic acid groups (broad SMARTS) is 1. The number of carboxylic acids is 1. The highest BCUT2D eigenvalue weighted by Crippen LogP contribution is 2.34. The Hall–Kier alpha value is -2.70. The van der Waals surface area contributed by atoms with Gasteiger partial charge in [-0.3, -0.25) is 4.79 Å². The molecule has 1 aliphatic carbocycles. The summed E-state index contributed by atoms with van der Waals surface area (Å²) in [6.07, 6.45) is 8.21. The van der Waals surface area contributed by atoms with Crippen LogP contribution in [-0.2, 0) is 11.2 Å². The highest BCUT2D eigenvalue weighted by molar-refractivity contribution is 5.67. The van der Waals surface area contributed by atoms with E-state index in [-0.39, 0.29) is 6.42 Å². The van der Waals surface area contributed by atoms with Crippen LogP contribution >= 0.6 is 0 Å². The van der Waals surface area contributed by atoms with Gasteiger partial charge in [0.1, 0.15) is 5.82 Å². The largest absolute Gasteiger partial charge is 0.481 e. The summed E-state index contributed by atoms with van der Waals surface area (Å²) in [5, 5.41) is 8.79. The predicted molar refractivity (Wildman–Crippen MR) is 99.0 cm³/mol. The van der Waals surface area contributed by atoms with Crippen LogP contribution in [0.15, 0.2) is 30.6 Å². The summed E-state index contributed by atoms with van der Waals surface area (Å²) < 4.78 is 11.0. The molecule has 0 amide bonds. The summed E-state index contributed by atoms with van der Waals surface area (Å²) in [4.78, 5) is 23.8. The monoisotopic (exact) mass is 371 g/mol. The van der Waals surface area contributed by atoms with Crippen molar-refractivity contribution in [3.63, 3.8) is 0 Å². The molecule has 1 N–H and O–H groups in total. The lowest BCUT2D eigenvalue weighted by atomic mass is 9.82. The van der Waals surface area contributed by atoms with Crippen molar-refractivity contribution in [3.05, 3.63) is 42.0 Å². The van der Waals surface area contributed by atoms with E-state index in [4.69, 9.17) is 14.6 Å². The Bertz CT molecular complexity index is 760. The highest BCUT2D eigenvalue weighted by Gasteiger charge is 2.25. The van der Waals surface area contributed by atoms with Crippen LogP contribution in [0.4, 0.5) is 0 Å². The van der Waals surface area contributed by atoms with Crippen molar-refractivity contribution in [3.8, 4) is 11.8 Å². The molecule has 0 radical (unpaired) electrons. The maximum Gasteiger partial charge on any atom is 0.303 e. The number of rotatable bonds is 8. The van der Waals surface area contributed by atoms with Gasteiger partial charge in [-0.25, -0.2) is 9.97 Å². The van der Waals surface area contributed by atoms with Crippen LogP contribution in [0.25, 0.3) is 0 Å². The van der Waals surface area contributed by atoms with Crippen molar-refractivity contribution >= 4 is 5.97 Å². The van der Waals surface area contributed by atoms with Crippen molar-refractivity contribution < 1.29 is 19.4 Å². The molecule has 1 aliphatic rings. The summed E-state index contributed by atoms with van der Waals surface area (Å²) >= 11 is 0. The second-order valence-electron chi connectivity index (χ2n) is 6.88. The number of methoxy groups -OCH3 is 1. The van der Waals surface area contributed by atoms with Crippen molar-refractivity contribution in [1.29, 1.82) is 0 Å². The maximum atomic E-state index is 10.7. The fourth-order valence-corrected chi connectivity index (χ4v) is 3.39. The topological polar surface area (TPSA) is 94.4 Å². The van der Waals surface area contributed by atoms with Gasteiger partial charge in [-0.2, -0.15) is 4.98 Å². The molecule has 0 unspecified atom stereocenters. The maximum absolute atomic E-state index is 10.7. The standard InChI is InChI=1S/C20H25N3O4/c1-26-17-9-11-22-20(23-17)16-5-2-15(3-6-16)13-27-18-12-14(8-10-21-18)4-7-19(24)25/h8-12,15-16H,2-7,13H2,1H3,(H,24,25). The number of aryl methyl sites for hydroxylation is 1. The second kappa shape index (κ2) is 9.30. The van der Waals surface area contributed by atoms with Crippen LogP contribution in [0.1, 0.15) is 49.4 Å². The third-order valence-electron chi connectivity index (χ3n) is 4.96. The van der Waals surface area contributed by atoms with Gasteiger partial charge in [-0.1, -0.05) is 0 Å². The molecule has 0 aromatic carbocycles. The Morgan fingerprint density at radius 3 is 2.67 bits per heavy atom. The first-order valence-corrected chi connectivity index (χ1v) is 9.30. The third-order valence-corrected chi connectivity index (χ3v) is 4.96. The van der Waals surface area contributed by atoms with Gasteiger partial charge in [0.15, 0.2) is 0 Å². The molecular formula is C20H25N3O4. The van der Waals surface area contributed by atoms with Crippen LogP contribution in [0, 0.1) is 5.92 Å². The Kier molecular flexibility index (Phi) is 6.57. The van der Waals surface area contributed by atoms with E-state index < -0.39 is 5.97 Å². The first-order valence-electron chi connectivity index (χ1n) is 9.30. The number of pyridine rings is 1. The molecule has 7 nitrogen and oxygen atoms in total. The molecule has 27 heavy (non-hydrogen) atoms. The zero-order valence-corrected chi connectivity index (χ0v) is 15.5. The Morgan fingerprint density at radius 2 is 1.93 bits per heavy atom. The van der Waals surface area contributed by atoms with Gasteiger partial charge >= 0.3 is 5.97 Å². The van der Waals surface area contributed by atoms with Crippen LogP contribution < -0.4 is 9.47 Å². The summed E-state index contributed by atoms with van der Waals surface area (Å²) in [6, 6.07) is 5.42. The Morgan fingerprint density at radius 1 is 1.15 bits per heavy atom. The van der Waals surface area contributed by atoms with Crippen molar-refractivity contribution in [2.24, 2.45) is 5.92 Å². The first-order chi connectivity index (χ1) is 13.1. The SMILES string of the molecule is COc1ccnc(C2CCC(COc3cc(CCC(=O)O)ccn3)CC2)n1. The van der Waals surface area contributed by atoms with Crippen LogP contribution in [-0.4, -0.2) is 39.7 Å². The molecule has 144 valence electrons. The fraction of sp³-hybridized carbons (Fsp3) is 0.500. The van der Waals surface area contributed by atoms with E-state index in [0.717, 1.165) is 37.1 Å². The average molecular weight is 371 g/mol. The van der Waals surface area contributed by atoms with E-state index in [1.807, 2.05) is 12.1 Å². The molecule has 2 heterocycles. The number of aromatic nitrogens is 3. The number of hydrogen-bond acceptors (Lipinski definition) is 6. The molecule has 0 aliphatic heterocycles. The smallest absolute Gasteiger partial charge is 0.303 e. The quantitative estimate of drug-likeness (QED) is 0.761. The number of aliphatic carboxylic acids is 1. The minimum atomic E-state index is -0.800. The number of nitrogens with zero attached hydrogens (tertiary/aromatic N) is 3. The summed E-state index contributed by atoms with van der Waals surface area (Å²) in [7, 11) is 1.62. The molecule has 0 bridgehead atoms. The summed E-state index contributed by atoms with van der Waals surface area (Å²) in [6.45, 7) is 0.626.